The van der Waals surface area contributed by atoms with Crippen LogP contribution in [0.3, 0.4) is 0 Å². The van der Waals surface area contributed by atoms with E-state index in [4.69, 9.17) is 25.4 Å². The fourth-order valence-corrected chi connectivity index (χ4v) is 6.04. The Labute approximate surface area is 251 Å². The fourth-order valence-electron chi connectivity index (χ4n) is 6.04. The zero-order chi connectivity index (χ0) is 30.5. The monoisotopic (exact) mass is 585 g/mol. The SMILES string of the molecule is CCOC(=O)c1c(CCCOc2cccc3cc(F)ccc23)c2ccc(C)c3c2n1CCCCOCC(N)=C3C(=N)CC. The van der Waals surface area contributed by atoms with Crippen molar-refractivity contribution in [2.45, 2.75) is 59.4 Å². The van der Waals surface area contributed by atoms with E-state index < -0.39 is 0 Å². The molecule has 2 heterocycles. The van der Waals surface area contributed by atoms with Crippen LogP contribution in [-0.2, 0) is 22.4 Å². The number of carbonyl (C=O) groups is 1. The molecule has 3 aromatic carbocycles. The molecule has 5 rings (SSSR count). The van der Waals surface area contributed by atoms with Crippen molar-refractivity contribution in [3.05, 3.63) is 82.4 Å². The average molecular weight is 586 g/mol. The van der Waals surface area contributed by atoms with Gasteiger partial charge in [-0.05, 0) is 86.7 Å². The minimum Gasteiger partial charge on any atom is -0.493 e. The fraction of sp³-hybridized carbons (Fsp3) is 0.371. The van der Waals surface area contributed by atoms with Crippen LogP contribution in [0.1, 0.15) is 66.7 Å². The number of aryl methyl sites for hydroxylation is 3. The molecule has 0 atom stereocenters. The second-order valence-electron chi connectivity index (χ2n) is 10.9. The third-order valence-corrected chi connectivity index (χ3v) is 8.04. The highest BCUT2D eigenvalue weighted by molar-refractivity contribution is 6.26. The summed E-state index contributed by atoms with van der Waals surface area (Å²) in [5.74, 6) is 0.0578. The Balaban J connectivity index is 1.59. The van der Waals surface area contributed by atoms with Crippen LogP contribution in [0.5, 0.6) is 5.75 Å². The lowest BCUT2D eigenvalue weighted by Gasteiger charge is -2.18. The molecule has 0 unspecified atom stereocenters. The van der Waals surface area contributed by atoms with E-state index in [0.717, 1.165) is 51.2 Å². The van der Waals surface area contributed by atoms with Crippen LogP contribution in [0.4, 0.5) is 4.39 Å². The summed E-state index contributed by atoms with van der Waals surface area (Å²) < 4.78 is 33.5. The smallest absolute Gasteiger partial charge is 0.355 e. The van der Waals surface area contributed by atoms with Gasteiger partial charge in [0, 0.05) is 46.5 Å². The average Bonchev–Trinajstić information content (AvgIpc) is 3.29. The van der Waals surface area contributed by atoms with Gasteiger partial charge in [0.2, 0.25) is 0 Å². The Morgan fingerprint density at radius 1 is 1.12 bits per heavy atom. The molecule has 0 fully saturated rings. The highest BCUT2D eigenvalue weighted by atomic mass is 19.1. The number of halogens is 1. The Bertz CT molecular complexity index is 1700. The number of hydrogen-bond donors (Lipinski definition) is 2. The van der Waals surface area contributed by atoms with E-state index in [-0.39, 0.29) is 25.0 Å². The maximum Gasteiger partial charge on any atom is 0.355 e. The molecule has 0 saturated heterocycles. The summed E-state index contributed by atoms with van der Waals surface area (Å²) in [7, 11) is 0. The van der Waals surface area contributed by atoms with E-state index in [1.165, 1.54) is 12.1 Å². The van der Waals surface area contributed by atoms with Crippen molar-refractivity contribution in [2.75, 3.05) is 26.4 Å². The molecule has 1 aliphatic heterocycles. The van der Waals surface area contributed by atoms with E-state index in [2.05, 4.69) is 10.6 Å². The number of nitrogens with two attached hydrogens (primary N) is 1. The molecule has 0 amide bonds. The predicted molar refractivity (Wildman–Crippen MR) is 170 cm³/mol. The number of allylic oxidation sites excluding steroid dienone is 1. The van der Waals surface area contributed by atoms with Crippen molar-refractivity contribution in [3.63, 3.8) is 0 Å². The van der Waals surface area contributed by atoms with Gasteiger partial charge in [0.25, 0.3) is 0 Å². The minimum absolute atomic E-state index is 0.254. The lowest BCUT2D eigenvalue weighted by atomic mass is 9.91. The predicted octanol–water partition coefficient (Wildman–Crippen LogP) is 7.34. The van der Waals surface area contributed by atoms with E-state index >= 15 is 0 Å². The normalized spacial score (nSPS) is 14.1. The van der Waals surface area contributed by atoms with Gasteiger partial charge >= 0.3 is 5.97 Å². The Morgan fingerprint density at radius 2 is 1.93 bits per heavy atom. The first-order chi connectivity index (χ1) is 20.8. The number of nitrogens with one attached hydrogen (secondary N) is 1. The summed E-state index contributed by atoms with van der Waals surface area (Å²) in [4.78, 5) is 13.6. The maximum absolute atomic E-state index is 13.8. The van der Waals surface area contributed by atoms with E-state index in [9.17, 15) is 9.18 Å². The van der Waals surface area contributed by atoms with Gasteiger partial charge in [-0.1, -0.05) is 31.2 Å². The van der Waals surface area contributed by atoms with Crippen molar-refractivity contribution in [2.24, 2.45) is 5.73 Å². The van der Waals surface area contributed by atoms with Gasteiger partial charge in [0.1, 0.15) is 17.3 Å². The first-order valence-corrected chi connectivity index (χ1v) is 15.1. The molecule has 0 saturated carbocycles. The Morgan fingerprint density at radius 3 is 2.72 bits per heavy atom. The molecule has 0 aliphatic carbocycles. The van der Waals surface area contributed by atoms with Crippen LogP contribution < -0.4 is 10.5 Å². The molecule has 1 aliphatic rings. The van der Waals surface area contributed by atoms with E-state index in [1.54, 1.807) is 6.07 Å². The van der Waals surface area contributed by atoms with Gasteiger partial charge in [-0.2, -0.15) is 0 Å². The molecule has 4 aromatic rings. The summed E-state index contributed by atoms with van der Waals surface area (Å²) in [6, 6.07) is 14.4. The second kappa shape index (κ2) is 13.4. The molecular formula is C35H40FN3O4. The second-order valence-corrected chi connectivity index (χ2v) is 10.9. The number of nitrogens with zero attached hydrogens (tertiary/aromatic N) is 1. The largest absolute Gasteiger partial charge is 0.493 e. The van der Waals surface area contributed by atoms with Gasteiger partial charge in [0.15, 0.2) is 0 Å². The molecule has 8 heteroatoms. The van der Waals surface area contributed by atoms with Crippen LogP contribution in [0.25, 0.3) is 27.2 Å². The van der Waals surface area contributed by atoms with Crippen molar-refractivity contribution < 1.29 is 23.4 Å². The van der Waals surface area contributed by atoms with Crippen LogP contribution in [-0.4, -0.2) is 42.7 Å². The lowest BCUT2D eigenvalue weighted by Crippen LogP contribution is -2.16. The number of aromatic nitrogens is 1. The molecule has 3 N–H and O–H groups in total. The highest BCUT2D eigenvalue weighted by Gasteiger charge is 2.28. The molecule has 7 nitrogen and oxygen atoms in total. The van der Waals surface area contributed by atoms with Gasteiger partial charge in [0.05, 0.1) is 25.3 Å². The van der Waals surface area contributed by atoms with Gasteiger partial charge in [-0.25, -0.2) is 9.18 Å². The third-order valence-electron chi connectivity index (χ3n) is 8.04. The van der Waals surface area contributed by atoms with Crippen molar-refractivity contribution in [1.82, 2.24) is 4.57 Å². The van der Waals surface area contributed by atoms with E-state index in [0.29, 0.717) is 67.4 Å². The quantitative estimate of drug-likeness (QED) is 0.122. The van der Waals surface area contributed by atoms with Gasteiger partial charge < -0.3 is 29.9 Å². The number of carbonyl (C=O) groups excluding carboxylic acids is 1. The standard InChI is InChI=1S/C35H40FN3O4/c1-4-28(37)32-29(38)21-41-18-7-6-17-39-33-27(15-13-22(3)31(32)33)26(34(39)35(40)42-5-2)11-9-19-43-30-12-8-10-23-20-24(36)14-16-25(23)30/h8,10,12-16,20,37H,4-7,9,11,17-19,21,38H2,1-3H3. The van der Waals surface area contributed by atoms with Crippen LogP contribution in [0.2, 0.25) is 0 Å². The molecule has 0 bridgehead atoms. The third kappa shape index (κ3) is 6.15. The molecule has 43 heavy (non-hydrogen) atoms. The minimum atomic E-state index is -0.357. The molecular weight excluding hydrogens is 545 g/mol. The van der Waals surface area contributed by atoms with Crippen LogP contribution in [0.15, 0.2) is 54.2 Å². The maximum atomic E-state index is 13.8. The lowest BCUT2D eigenvalue weighted by molar-refractivity contribution is 0.0512. The highest BCUT2D eigenvalue weighted by Crippen LogP contribution is 2.38. The van der Waals surface area contributed by atoms with Gasteiger partial charge in [-0.15, -0.1) is 0 Å². The topological polar surface area (TPSA) is 99.6 Å². The number of benzene rings is 3. The van der Waals surface area contributed by atoms with Crippen molar-refractivity contribution in [1.29, 1.82) is 5.41 Å². The molecule has 226 valence electrons. The van der Waals surface area contributed by atoms with Crippen LogP contribution >= 0.6 is 0 Å². The van der Waals surface area contributed by atoms with Gasteiger partial charge in [-0.3, -0.25) is 0 Å². The van der Waals surface area contributed by atoms with E-state index in [1.807, 2.05) is 45.0 Å². The summed E-state index contributed by atoms with van der Waals surface area (Å²) >= 11 is 0. The van der Waals surface area contributed by atoms with Crippen LogP contribution in [0, 0.1) is 18.2 Å². The Kier molecular flexibility index (Phi) is 9.46. The number of esters is 1. The summed E-state index contributed by atoms with van der Waals surface area (Å²) in [6.45, 7) is 7.88. The zero-order valence-electron chi connectivity index (χ0n) is 25.2. The number of ether oxygens (including phenoxy) is 3. The number of hydrogen-bond acceptors (Lipinski definition) is 6. The Hall–Kier alpha value is -4.17. The first kappa shape index (κ1) is 30.3. The number of rotatable bonds is 9. The summed E-state index contributed by atoms with van der Waals surface area (Å²) in [5.41, 5.74) is 12.5. The van der Waals surface area contributed by atoms with Crippen molar-refractivity contribution >= 4 is 38.9 Å². The summed E-state index contributed by atoms with van der Waals surface area (Å²) in [5, 5.41) is 11.5. The first-order valence-electron chi connectivity index (χ1n) is 15.1. The van der Waals surface area contributed by atoms with Crippen molar-refractivity contribution in [3.8, 4) is 5.75 Å². The molecule has 0 spiro atoms. The molecule has 1 aromatic heterocycles. The molecule has 0 radical (unpaired) electrons. The zero-order valence-corrected chi connectivity index (χ0v) is 25.2. The number of fused-ring (bicyclic) bond motifs is 1. The summed E-state index contributed by atoms with van der Waals surface area (Å²) in [6.07, 6.45) is 3.38.